The third-order valence-electron chi connectivity index (χ3n) is 1.90. The second kappa shape index (κ2) is 4.41. The Morgan fingerprint density at radius 2 is 2.00 bits per heavy atom. The summed E-state index contributed by atoms with van der Waals surface area (Å²) in [6.07, 6.45) is 1.30. The van der Waals surface area contributed by atoms with Gasteiger partial charge in [-0.2, -0.15) is 0 Å². The highest BCUT2D eigenvalue weighted by Gasteiger charge is 2.23. The van der Waals surface area contributed by atoms with Crippen molar-refractivity contribution in [3.63, 3.8) is 0 Å². The minimum Gasteiger partial charge on any atom is -0.300 e. The highest BCUT2D eigenvalue weighted by molar-refractivity contribution is 8.17. The number of Topliss-reactive ketones (excluding diaryl/α,β-unsaturated/α-hetero) is 1. The van der Waals surface area contributed by atoms with Crippen LogP contribution in [-0.4, -0.2) is 21.9 Å². The molecule has 3 heteroatoms. The van der Waals surface area contributed by atoms with Gasteiger partial charge in [-0.3, -0.25) is 4.79 Å². The van der Waals surface area contributed by atoms with E-state index in [1.54, 1.807) is 6.92 Å². The second-order valence-electron chi connectivity index (χ2n) is 2.86. The summed E-state index contributed by atoms with van der Waals surface area (Å²) in [4.78, 5) is 11.0. The first kappa shape index (κ1) is 9.46. The van der Waals surface area contributed by atoms with Gasteiger partial charge in [0.2, 0.25) is 0 Å². The zero-order valence-corrected chi connectivity index (χ0v) is 8.63. The summed E-state index contributed by atoms with van der Waals surface area (Å²) < 4.78 is 0.529. The lowest BCUT2D eigenvalue weighted by Gasteiger charge is -2.24. The van der Waals surface area contributed by atoms with Crippen molar-refractivity contribution < 1.29 is 4.79 Å². The van der Waals surface area contributed by atoms with Crippen LogP contribution >= 0.6 is 23.5 Å². The van der Waals surface area contributed by atoms with Crippen molar-refractivity contribution in [2.45, 2.75) is 24.9 Å². The van der Waals surface area contributed by atoms with Crippen molar-refractivity contribution in [1.82, 2.24) is 0 Å². The monoisotopic (exact) mass is 190 g/mol. The van der Waals surface area contributed by atoms with Gasteiger partial charge in [0.05, 0.1) is 4.58 Å². The van der Waals surface area contributed by atoms with E-state index in [1.165, 1.54) is 17.9 Å². The Hall–Kier alpha value is 0.370. The van der Waals surface area contributed by atoms with Crippen molar-refractivity contribution in [2.24, 2.45) is 5.92 Å². The van der Waals surface area contributed by atoms with Crippen LogP contribution in [0.1, 0.15) is 20.3 Å². The molecule has 11 heavy (non-hydrogen) atoms. The Bertz CT molecular complexity index is 141. The quantitative estimate of drug-likeness (QED) is 0.665. The summed E-state index contributed by atoms with van der Waals surface area (Å²) in [7, 11) is 0. The number of rotatable bonds is 2. The molecule has 1 atom stereocenters. The average molecular weight is 190 g/mol. The molecule has 1 saturated heterocycles. The van der Waals surface area contributed by atoms with Gasteiger partial charge in [0.25, 0.3) is 0 Å². The SMILES string of the molecule is CC(=O)[C@H](C)C1SCCCS1. The highest BCUT2D eigenvalue weighted by Crippen LogP contribution is 2.35. The summed E-state index contributed by atoms with van der Waals surface area (Å²) in [6.45, 7) is 3.73. The summed E-state index contributed by atoms with van der Waals surface area (Å²) >= 11 is 3.88. The van der Waals surface area contributed by atoms with E-state index in [0.29, 0.717) is 10.4 Å². The van der Waals surface area contributed by atoms with Crippen LogP contribution in [0.2, 0.25) is 0 Å². The van der Waals surface area contributed by atoms with Crippen LogP contribution in [0.3, 0.4) is 0 Å². The number of ketones is 1. The maximum Gasteiger partial charge on any atom is 0.134 e. The molecule has 0 radical (unpaired) electrons. The number of carbonyl (C=O) groups is 1. The third kappa shape index (κ3) is 2.71. The van der Waals surface area contributed by atoms with E-state index >= 15 is 0 Å². The van der Waals surface area contributed by atoms with Crippen LogP contribution in [-0.2, 0) is 4.79 Å². The minimum atomic E-state index is 0.241. The summed E-state index contributed by atoms with van der Waals surface area (Å²) in [5.41, 5.74) is 0. The molecule has 1 rings (SSSR count). The Balaban J connectivity index is 2.38. The van der Waals surface area contributed by atoms with Gasteiger partial charge in [-0.25, -0.2) is 0 Å². The molecule has 1 fully saturated rings. The molecule has 0 N–H and O–H groups in total. The fourth-order valence-electron chi connectivity index (χ4n) is 0.986. The average Bonchev–Trinajstić information content (AvgIpc) is 2.05. The van der Waals surface area contributed by atoms with E-state index < -0.39 is 0 Å². The summed E-state index contributed by atoms with van der Waals surface area (Å²) in [5.74, 6) is 3.03. The minimum absolute atomic E-state index is 0.241. The molecule has 0 aromatic carbocycles. The van der Waals surface area contributed by atoms with Crippen LogP contribution in [0.5, 0.6) is 0 Å². The first-order valence-corrected chi connectivity index (χ1v) is 6.05. The van der Waals surface area contributed by atoms with Gasteiger partial charge in [0.15, 0.2) is 0 Å². The van der Waals surface area contributed by atoms with Crippen molar-refractivity contribution >= 4 is 29.3 Å². The molecule has 1 nitrogen and oxygen atoms in total. The largest absolute Gasteiger partial charge is 0.300 e. The fourth-order valence-corrected chi connectivity index (χ4v) is 4.18. The van der Waals surface area contributed by atoms with E-state index in [4.69, 9.17) is 0 Å². The van der Waals surface area contributed by atoms with E-state index in [-0.39, 0.29) is 5.92 Å². The normalized spacial score (nSPS) is 23.1. The number of carbonyl (C=O) groups excluding carboxylic acids is 1. The number of hydrogen-bond donors (Lipinski definition) is 0. The van der Waals surface area contributed by atoms with Crippen molar-refractivity contribution in [3.05, 3.63) is 0 Å². The van der Waals surface area contributed by atoms with Crippen LogP contribution in [0, 0.1) is 5.92 Å². The Kier molecular flexibility index (Phi) is 3.79. The van der Waals surface area contributed by atoms with Crippen LogP contribution in [0.25, 0.3) is 0 Å². The predicted octanol–water partition coefficient (Wildman–Crippen LogP) is 2.41. The van der Waals surface area contributed by atoms with E-state index in [0.717, 1.165) is 0 Å². The molecular weight excluding hydrogens is 176 g/mol. The first-order valence-electron chi connectivity index (χ1n) is 3.95. The summed E-state index contributed by atoms with van der Waals surface area (Å²) in [5, 5.41) is 0. The first-order chi connectivity index (χ1) is 5.22. The molecular formula is C8H14OS2. The lowest BCUT2D eigenvalue weighted by Crippen LogP contribution is -2.21. The third-order valence-corrected chi connectivity index (χ3v) is 5.24. The Morgan fingerprint density at radius 3 is 2.45 bits per heavy atom. The van der Waals surface area contributed by atoms with Gasteiger partial charge in [-0.1, -0.05) is 6.92 Å². The molecule has 0 unspecified atom stereocenters. The van der Waals surface area contributed by atoms with Gasteiger partial charge in [-0.15, -0.1) is 23.5 Å². The van der Waals surface area contributed by atoms with Crippen LogP contribution in [0.4, 0.5) is 0 Å². The molecule has 0 saturated carbocycles. The van der Waals surface area contributed by atoms with E-state index in [2.05, 4.69) is 0 Å². The lowest BCUT2D eigenvalue weighted by molar-refractivity contribution is -0.119. The standard InChI is InChI=1S/C8H14OS2/c1-6(7(2)9)8-10-4-3-5-11-8/h6,8H,3-5H2,1-2H3/t6-/m0/s1. The molecule has 1 heterocycles. The zero-order valence-electron chi connectivity index (χ0n) is 7.00. The van der Waals surface area contributed by atoms with Crippen molar-refractivity contribution in [1.29, 1.82) is 0 Å². The smallest absolute Gasteiger partial charge is 0.134 e. The lowest BCUT2D eigenvalue weighted by atomic mass is 10.1. The van der Waals surface area contributed by atoms with E-state index in [9.17, 15) is 4.79 Å². The molecule has 0 aliphatic carbocycles. The van der Waals surface area contributed by atoms with Crippen molar-refractivity contribution in [3.8, 4) is 0 Å². The second-order valence-corrected chi connectivity index (χ2v) is 5.66. The maximum atomic E-state index is 11.0. The van der Waals surface area contributed by atoms with Crippen molar-refractivity contribution in [2.75, 3.05) is 11.5 Å². The maximum absolute atomic E-state index is 11.0. The van der Waals surface area contributed by atoms with Crippen LogP contribution < -0.4 is 0 Å². The molecule has 0 spiro atoms. The topological polar surface area (TPSA) is 17.1 Å². The predicted molar refractivity (Wildman–Crippen MR) is 53.2 cm³/mol. The van der Waals surface area contributed by atoms with Gasteiger partial charge in [-0.05, 0) is 24.9 Å². The zero-order chi connectivity index (χ0) is 8.27. The molecule has 0 bridgehead atoms. The van der Waals surface area contributed by atoms with Gasteiger partial charge < -0.3 is 0 Å². The number of hydrogen-bond acceptors (Lipinski definition) is 3. The summed E-state index contributed by atoms with van der Waals surface area (Å²) in [6, 6.07) is 0. The Morgan fingerprint density at radius 1 is 1.45 bits per heavy atom. The molecule has 0 amide bonds. The number of thioether (sulfide) groups is 2. The van der Waals surface area contributed by atoms with E-state index in [1.807, 2.05) is 30.4 Å². The fraction of sp³-hybridized carbons (Fsp3) is 0.875. The molecule has 1 aliphatic heterocycles. The molecule has 0 aromatic heterocycles. The van der Waals surface area contributed by atoms with Crippen LogP contribution in [0.15, 0.2) is 0 Å². The molecule has 0 aromatic rings. The van der Waals surface area contributed by atoms with Gasteiger partial charge >= 0.3 is 0 Å². The Labute approximate surface area is 76.7 Å². The highest BCUT2D eigenvalue weighted by atomic mass is 32.2. The molecule has 64 valence electrons. The van der Waals surface area contributed by atoms with Gasteiger partial charge in [0.1, 0.15) is 5.78 Å². The van der Waals surface area contributed by atoms with Gasteiger partial charge in [0, 0.05) is 5.92 Å². The molecule has 1 aliphatic rings.